The van der Waals surface area contributed by atoms with Gasteiger partial charge in [-0.15, -0.1) is 0 Å². The summed E-state index contributed by atoms with van der Waals surface area (Å²) in [6.07, 6.45) is 1.63. The van der Waals surface area contributed by atoms with Crippen molar-refractivity contribution >= 4 is 17.5 Å². The zero-order chi connectivity index (χ0) is 19.3. The molecular formula is C21H23N3O4. The quantitative estimate of drug-likeness (QED) is 0.830. The van der Waals surface area contributed by atoms with E-state index in [0.717, 1.165) is 31.6 Å². The molecule has 0 atom stereocenters. The molecule has 0 spiro atoms. The van der Waals surface area contributed by atoms with Gasteiger partial charge in [0.05, 0.1) is 6.54 Å². The molecule has 1 fully saturated rings. The molecule has 2 aliphatic rings. The van der Waals surface area contributed by atoms with Gasteiger partial charge in [-0.25, -0.2) is 0 Å². The Morgan fingerprint density at radius 3 is 2.54 bits per heavy atom. The Kier molecular flexibility index (Phi) is 5.43. The third kappa shape index (κ3) is 4.43. The van der Waals surface area contributed by atoms with E-state index in [1.54, 1.807) is 18.2 Å². The molecule has 0 aromatic heterocycles. The van der Waals surface area contributed by atoms with Crippen molar-refractivity contribution in [2.75, 3.05) is 31.7 Å². The number of amides is 2. The number of ether oxygens (including phenoxy) is 2. The number of fused-ring (bicyclic) bond motifs is 1. The van der Waals surface area contributed by atoms with Crippen LogP contribution in [0.2, 0.25) is 0 Å². The van der Waals surface area contributed by atoms with E-state index in [9.17, 15) is 9.59 Å². The van der Waals surface area contributed by atoms with Gasteiger partial charge in [0.2, 0.25) is 12.7 Å². The van der Waals surface area contributed by atoms with Crippen LogP contribution in [0.1, 0.15) is 23.2 Å². The highest BCUT2D eigenvalue weighted by molar-refractivity contribution is 5.95. The molecule has 0 saturated carbocycles. The van der Waals surface area contributed by atoms with Crippen LogP contribution < -0.4 is 20.1 Å². The normalized spacial score (nSPS) is 16.6. The van der Waals surface area contributed by atoms with Crippen LogP contribution >= 0.6 is 0 Å². The second-order valence-electron chi connectivity index (χ2n) is 7.01. The van der Waals surface area contributed by atoms with Crippen LogP contribution in [-0.2, 0) is 4.79 Å². The Bertz CT molecular complexity index is 848. The van der Waals surface area contributed by atoms with Crippen molar-refractivity contribution in [3.05, 3.63) is 54.1 Å². The third-order valence-corrected chi connectivity index (χ3v) is 4.98. The summed E-state index contributed by atoms with van der Waals surface area (Å²) in [5.41, 5.74) is 1.37. The minimum Gasteiger partial charge on any atom is -0.454 e. The number of para-hydroxylation sites is 1. The van der Waals surface area contributed by atoms with Gasteiger partial charge in [-0.3, -0.25) is 14.5 Å². The first kappa shape index (κ1) is 18.3. The van der Waals surface area contributed by atoms with Crippen LogP contribution in [0.15, 0.2) is 48.5 Å². The number of rotatable bonds is 5. The summed E-state index contributed by atoms with van der Waals surface area (Å²) >= 11 is 0. The molecule has 4 rings (SSSR count). The van der Waals surface area contributed by atoms with E-state index < -0.39 is 0 Å². The minimum atomic E-state index is -0.112. The van der Waals surface area contributed by atoms with E-state index in [4.69, 9.17) is 9.47 Å². The predicted octanol–water partition coefficient (Wildman–Crippen LogP) is 2.25. The number of nitrogens with one attached hydrogen (secondary N) is 2. The molecule has 0 radical (unpaired) electrons. The van der Waals surface area contributed by atoms with E-state index in [2.05, 4.69) is 15.5 Å². The topological polar surface area (TPSA) is 79.9 Å². The molecule has 28 heavy (non-hydrogen) atoms. The lowest BCUT2D eigenvalue weighted by Gasteiger charge is -2.31. The second kappa shape index (κ2) is 8.31. The Balaban J connectivity index is 1.23. The Hall–Kier alpha value is -3.06. The highest BCUT2D eigenvalue weighted by Crippen LogP contribution is 2.32. The van der Waals surface area contributed by atoms with Gasteiger partial charge in [0.25, 0.3) is 5.91 Å². The summed E-state index contributed by atoms with van der Waals surface area (Å²) in [7, 11) is 0. The number of carbonyl (C=O) groups excluding carboxylic acids is 2. The molecule has 1 saturated heterocycles. The van der Waals surface area contributed by atoms with Crippen molar-refractivity contribution < 1.29 is 19.1 Å². The average molecular weight is 381 g/mol. The van der Waals surface area contributed by atoms with Crippen molar-refractivity contribution in [2.45, 2.75) is 18.9 Å². The molecule has 7 nitrogen and oxygen atoms in total. The van der Waals surface area contributed by atoms with Gasteiger partial charge >= 0.3 is 0 Å². The lowest BCUT2D eigenvalue weighted by Crippen LogP contribution is -2.46. The van der Waals surface area contributed by atoms with Crippen molar-refractivity contribution in [2.24, 2.45) is 0 Å². The Labute approximate surface area is 163 Å². The molecule has 2 aromatic rings. The molecule has 0 unspecified atom stereocenters. The highest BCUT2D eigenvalue weighted by atomic mass is 16.7. The average Bonchev–Trinajstić information content (AvgIpc) is 3.18. The van der Waals surface area contributed by atoms with Crippen LogP contribution in [0.4, 0.5) is 5.69 Å². The van der Waals surface area contributed by atoms with Crippen LogP contribution in [0.25, 0.3) is 0 Å². The Morgan fingerprint density at radius 1 is 1.00 bits per heavy atom. The molecule has 7 heteroatoms. The van der Waals surface area contributed by atoms with Gasteiger partial charge in [-0.1, -0.05) is 18.2 Å². The number of likely N-dealkylation sites (tertiary alicyclic amines) is 1. The van der Waals surface area contributed by atoms with E-state index in [1.807, 2.05) is 30.3 Å². The van der Waals surface area contributed by atoms with Gasteiger partial charge in [0, 0.05) is 30.4 Å². The number of carbonyl (C=O) groups is 2. The lowest BCUT2D eigenvalue weighted by atomic mass is 10.0. The predicted molar refractivity (Wildman–Crippen MR) is 105 cm³/mol. The fourth-order valence-electron chi connectivity index (χ4n) is 3.47. The summed E-state index contributed by atoms with van der Waals surface area (Å²) in [5.74, 6) is 1.14. The molecule has 2 N–H and O–H groups in total. The summed E-state index contributed by atoms with van der Waals surface area (Å²) in [6, 6.07) is 14.8. The number of hydrogen-bond acceptors (Lipinski definition) is 5. The summed E-state index contributed by atoms with van der Waals surface area (Å²) < 4.78 is 10.6. The SMILES string of the molecule is O=C(CN1CCC(NC(=O)c2ccc3c(c2)OCO3)CC1)Nc1ccccc1. The van der Waals surface area contributed by atoms with E-state index in [0.29, 0.717) is 23.6 Å². The van der Waals surface area contributed by atoms with Crippen LogP contribution in [0, 0.1) is 0 Å². The smallest absolute Gasteiger partial charge is 0.251 e. The summed E-state index contributed by atoms with van der Waals surface area (Å²) in [6.45, 7) is 2.09. The number of anilines is 1. The first-order chi connectivity index (χ1) is 13.7. The number of nitrogens with zero attached hydrogens (tertiary/aromatic N) is 1. The summed E-state index contributed by atoms with van der Waals surface area (Å²) in [4.78, 5) is 26.8. The van der Waals surface area contributed by atoms with E-state index in [-0.39, 0.29) is 24.6 Å². The standard InChI is InChI=1S/C21H23N3O4/c25-20(22-16-4-2-1-3-5-16)13-24-10-8-17(9-11-24)23-21(26)15-6-7-18-19(12-15)28-14-27-18/h1-7,12,17H,8-11,13-14H2,(H,22,25)(H,23,26). The lowest BCUT2D eigenvalue weighted by molar-refractivity contribution is -0.117. The minimum absolute atomic E-state index is 0.0194. The van der Waals surface area contributed by atoms with Gasteiger partial charge < -0.3 is 20.1 Å². The molecule has 2 aliphatic heterocycles. The fourth-order valence-corrected chi connectivity index (χ4v) is 3.47. The molecule has 146 valence electrons. The first-order valence-corrected chi connectivity index (χ1v) is 9.45. The maximum Gasteiger partial charge on any atom is 0.251 e. The van der Waals surface area contributed by atoms with Crippen molar-refractivity contribution in [1.82, 2.24) is 10.2 Å². The molecule has 0 aliphatic carbocycles. The van der Waals surface area contributed by atoms with Crippen LogP contribution in [0.5, 0.6) is 11.5 Å². The molecule has 0 bridgehead atoms. The maximum absolute atomic E-state index is 12.5. The largest absolute Gasteiger partial charge is 0.454 e. The van der Waals surface area contributed by atoms with E-state index in [1.165, 1.54) is 0 Å². The van der Waals surface area contributed by atoms with Gasteiger partial charge in [-0.05, 0) is 43.2 Å². The molecule has 2 heterocycles. The zero-order valence-electron chi connectivity index (χ0n) is 15.5. The molecular weight excluding hydrogens is 358 g/mol. The van der Waals surface area contributed by atoms with Gasteiger partial charge in [0.1, 0.15) is 0 Å². The van der Waals surface area contributed by atoms with E-state index >= 15 is 0 Å². The van der Waals surface area contributed by atoms with Crippen molar-refractivity contribution in [3.63, 3.8) is 0 Å². The van der Waals surface area contributed by atoms with Gasteiger partial charge in [-0.2, -0.15) is 0 Å². The number of piperidine rings is 1. The van der Waals surface area contributed by atoms with Crippen LogP contribution in [-0.4, -0.2) is 49.2 Å². The zero-order valence-corrected chi connectivity index (χ0v) is 15.5. The highest BCUT2D eigenvalue weighted by Gasteiger charge is 2.23. The first-order valence-electron chi connectivity index (χ1n) is 9.45. The maximum atomic E-state index is 12.5. The monoisotopic (exact) mass is 381 g/mol. The molecule has 2 amide bonds. The summed E-state index contributed by atoms with van der Waals surface area (Å²) in [5, 5.41) is 5.98. The van der Waals surface area contributed by atoms with Crippen molar-refractivity contribution in [1.29, 1.82) is 0 Å². The van der Waals surface area contributed by atoms with Crippen molar-refractivity contribution in [3.8, 4) is 11.5 Å². The number of hydrogen-bond donors (Lipinski definition) is 2. The fraction of sp³-hybridized carbons (Fsp3) is 0.333. The van der Waals surface area contributed by atoms with Crippen LogP contribution in [0.3, 0.4) is 0 Å². The van der Waals surface area contributed by atoms with Gasteiger partial charge in [0.15, 0.2) is 11.5 Å². The number of benzene rings is 2. The Morgan fingerprint density at radius 2 is 1.75 bits per heavy atom. The third-order valence-electron chi connectivity index (χ3n) is 4.98. The molecule has 2 aromatic carbocycles. The second-order valence-corrected chi connectivity index (χ2v) is 7.01.